The van der Waals surface area contributed by atoms with Gasteiger partial charge in [-0.3, -0.25) is 9.59 Å². The molecule has 0 unspecified atom stereocenters. The normalized spacial score (nSPS) is 17.4. The zero-order valence-corrected chi connectivity index (χ0v) is 13.5. The maximum Gasteiger partial charge on any atom is 0.239 e. The predicted octanol–water partition coefficient (Wildman–Crippen LogP) is 1.14. The van der Waals surface area contributed by atoms with Crippen molar-refractivity contribution in [3.8, 4) is 0 Å². The fourth-order valence-electron chi connectivity index (χ4n) is 2.50. The second-order valence-electron chi connectivity index (χ2n) is 6.38. The summed E-state index contributed by atoms with van der Waals surface area (Å²) in [5.41, 5.74) is -0.542. The molecule has 1 saturated heterocycles. The van der Waals surface area contributed by atoms with E-state index < -0.39 is 5.54 Å². The topological polar surface area (TPSA) is 61.4 Å². The molecule has 0 aromatic rings. The van der Waals surface area contributed by atoms with E-state index in [1.54, 1.807) is 0 Å². The first-order valence-electron chi connectivity index (χ1n) is 7.62. The molecule has 1 aliphatic heterocycles. The minimum Gasteiger partial charge on any atom is -0.352 e. The summed E-state index contributed by atoms with van der Waals surface area (Å²) in [5.74, 6) is 0.296. The van der Waals surface area contributed by atoms with Crippen LogP contribution in [0.3, 0.4) is 0 Å². The van der Waals surface area contributed by atoms with Crippen LogP contribution in [0.1, 0.15) is 47.5 Å². The van der Waals surface area contributed by atoms with E-state index in [1.807, 2.05) is 39.5 Å². The minimum atomic E-state index is -0.542. The highest BCUT2D eigenvalue weighted by atomic mass is 16.2. The summed E-state index contributed by atoms with van der Waals surface area (Å²) in [5, 5.41) is 6.27. The Bertz CT molecular complexity index is 345. The summed E-state index contributed by atoms with van der Waals surface area (Å²) in [6, 6.07) is 0.177. The Morgan fingerprint density at radius 2 is 1.80 bits per heavy atom. The summed E-state index contributed by atoms with van der Waals surface area (Å²) in [6.07, 6.45) is 1.68. The number of carbonyl (C=O) groups is 2. The molecule has 0 spiro atoms. The lowest BCUT2D eigenvalue weighted by Crippen LogP contribution is -2.56. The first-order chi connectivity index (χ1) is 9.27. The fourth-order valence-corrected chi connectivity index (χ4v) is 2.50. The zero-order valence-electron chi connectivity index (χ0n) is 13.5. The Morgan fingerprint density at radius 3 is 2.25 bits per heavy atom. The first-order valence-corrected chi connectivity index (χ1v) is 7.62. The molecule has 1 aliphatic rings. The van der Waals surface area contributed by atoms with Crippen LogP contribution in [-0.4, -0.2) is 47.9 Å². The maximum absolute atomic E-state index is 12.2. The van der Waals surface area contributed by atoms with E-state index in [0.717, 1.165) is 32.5 Å². The number of carbonyl (C=O) groups excluding carboxylic acids is 2. The van der Waals surface area contributed by atoms with E-state index in [0.29, 0.717) is 0 Å². The van der Waals surface area contributed by atoms with E-state index in [-0.39, 0.29) is 23.8 Å². The molecular weight excluding hydrogens is 254 g/mol. The van der Waals surface area contributed by atoms with E-state index in [1.165, 1.54) is 0 Å². The van der Waals surface area contributed by atoms with Crippen molar-refractivity contribution in [1.82, 2.24) is 15.5 Å². The number of hydrogen-bond donors (Lipinski definition) is 2. The van der Waals surface area contributed by atoms with Crippen molar-refractivity contribution in [2.45, 2.75) is 59.0 Å². The molecule has 5 heteroatoms. The molecule has 0 aromatic heterocycles. The standard InChI is InChI=1S/C15H29N3O2/c1-6-16-15(4,5)14(20)17-12-7-9-18(10-8-12)13(19)11(2)3/h11-12,16H,6-10H2,1-5H3,(H,17,20). The largest absolute Gasteiger partial charge is 0.352 e. The molecule has 0 radical (unpaired) electrons. The van der Waals surface area contributed by atoms with Crippen LogP contribution in [0.25, 0.3) is 0 Å². The zero-order chi connectivity index (χ0) is 15.3. The monoisotopic (exact) mass is 283 g/mol. The number of hydrogen-bond acceptors (Lipinski definition) is 3. The van der Waals surface area contributed by atoms with Crippen molar-refractivity contribution >= 4 is 11.8 Å². The SMILES string of the molecule is CCNC(C)(C)C(=O)NC1CCN(C(=O)C(C)C)CC1. The molecule has 116 valence electrons. The molecule has 5 nitrogen and oxygen atoms in total. The number of amides is 2. The Morgan fingerprint density at radius 1 is 1.25 bits per heavy atom. The van der Waals surface area contributed by atoms with Crippen molar-refractivity contribution in [3.63, 3.8) is 0 Å². The first kappa shape index (κ1) is 17.0. The van der Waals surface area contributed by atoms with Gasteiger partial charge in [-0.25, -0.2) is 0 Å². The quantitative estimate of drug-likeness (QED) is 0.795. The molecule has 2 N–H and O–H groups in total. The molecule has 1 heterocycles. The van der Waals surface area contributed by atoms with Gasteiger partial charge in [0.2, 0.25) is 11.8 Å². The summed E-state index contributed by atoms with van der Waals surface area (Å²) in [6.45, 7) is 11.9. The lowest BCUT2D eigenvalue weighted by Gasteiger charge is -2.35. The fraction of sp³-hybridized carbons (Fsp3) is 0.867. The number of nitrogens with one attached hydrogen (secondary N) is 2. The van der Waals surface area contributed by atoms with Crippen molar-refractivity contribution in [2.24, 2.45) is 5.92 Å². The average Bonchev–Trinajstić information content (AvgIpc) is 2.38. The summed E-state index contributed by atoms with van der Waals surface area (Å²) in [7, 11) is 0. The molecule has 1 fully saturated rings. The number of piperidine rings is 1. The molecule has 0 aromatic carbocycles. The highest BCUT2D eigenvalue weighted by Crippen LogP contribution is 2.14. The van der Waals surface area contributed by atoms with Crippen LogP contribution < -0.4 is 10.6 Å². The highest BCUT2D eigenvalue weighted by Gasteiger charge is 2.30. The average molecular weight is 283 g/mol. The van der Waals surface area contributed by atoms with Crippen LogP contribution >= 0.6 is 0 Å². The van der Waals surface area contributed by atoms with Crippen LogP contribution in [0.2, 0.25) is 0 Å². The highest BCUT2D eigenvalue weighted by molar-refractivity contribution is 5.85. The minimum absolute atomic E-state index is 0.0352. The third-order valence-corrected chi connectivity index (χ3v) is 3.82. The van der Waals surface area contributed by atoms with Crippen LogP contribution in [0.4, 0.5) is 0 Å². The van der Waals surface area contributed by atoms with Gasteiger partial charge in [-0.2, -0.15) is 0 Å². The van der Waals surface area contributed by atoms with Gasteiger partial charge in [-0.15, -0.1) is 0 Å². The second kappa shape index (κ2) is 7.07. The van der Waals surface area contributed by atoms with Crippen LogP contribution in [-0.2, 0) is 9.59 Å². The molecule has 2 amide bonds. The molecule has 0 aliphatic carbocycles. The second-order valence-corrected chi connectivity index (χ2v) is 6.38. The third-order valence-electron chi connectivity index (χ3n) is 3.82. The van der Waals surface area contributed by atoms with E-state index in [9.17, 15) is 9.59 Å². The predicted molar refractivity (Wildman–Crippen MR) is 80.3 cm³/mol. The van der Waals surface area contributed by atoms with Gasteiger partial charge >= 0.3 is 0 Å². The number of likely N-dealkylation sites (tertiary alicyclic amines) is 1. The van der Waals surface area contributed by atoms with Gasteiger partial charge < -0.3 is 15.5 Å². The van der Waals surface area contributed by atoms with E-state index in [4.69, 9.17) is 0 Å². The van der Waals surface area contributed by atoms with Gasteiger partial charge in [0.05, 0.1) is 5.54 Å². The molecule has 1 rings (SSSR count). The molecule has 0 bridgehead atoms. The van der Waals surface area contributed by atoms with Gasteiger partial charge in [-0.1, -0.05) is 20.8 Å². The van der Waals surface area contributed by atoms with Gasteiger partial charge in [-0.05, 0) is 33.2 Å². The number of likely N-dealkylation sites (N-methyl/N-ethyl adjacent to an activating group) is 1. The van der Waals surface area contributed by atoms with Crippen LogP contribution in [0.15, 0.2) is 0 Å². The van der Waals surface area contributed by atoms with Crippen molar-refractivity contribution in [1.29, 1.82) is 0 Å². The van der Waals surface area contributed by atoms with Crippen molar-refractivity contribution in [2.75, 3.05) is 19.6 Å². The molecule has 0 atom stereocenters. The molecular formula is C15H29N3O2. The van der Waals surface area contributed by atoms with Gasteiger partial charge in [0.1, 0.15) is 0 Å². The maximum atomic E-state index is 12.2. The van der Waals surface area contributed by atoms with E-state index in [2.05, 4.69) is 10.6 Å². The lowest BCUT2D eigenvalue weighted by atomic mass is 9.99. The summed E-state index contributed by atoms with van der Waals surface area (Å²) in [4.78, 5) is 26.0. The van der Waals surface area contributed by atoms with Crippen molar-refractivity contribution in [3.05, 3.63) is 0 Å². The Labute approximate surface area is 122 Å². The summed E-state index contributed by atoms with van der Waals surface area (Å²) < 4.78 is 0. The summed E-state index contributed by atoms with van der Waals surface area (Å²) >= 11 is 0. The molecule has 0 saturated carbocycles. The third kappa shape index (κ3) is 4.47. The number of nitrogens with zero attached hydrogens (tertiary/aromatic N) is 1. The Kier molecular flexibility index (Phi) is 5.99. The Balaban J connectivity index is 2.43. The smallest absolute Gasteiger partial charge is 0.239 e. The van der Waals surface area contributed by atoms with Crippen LogP contribution in [0.5, 0.6) is 0 Å². The molecule has 20 heavy (non-hydrogen) atoms. The van der Waals surface area contributed by atoms with Crippen LogP contribution in [0, 0.1) is 5.92 Å². The van der Waals surface area contributed by atoms with Gasteiger partial charge in [0.15, 0.2) is 0 Å². The lowest BCUT2D eigenvalue weighted by molar-refractivity contribution is -0.135. The number of rotatable bonds is 5. The Hall–Kier alpha value is -1.10. The van der Waals surface area contributed by atoms with Crippen molar-refractivity contribution < 1.29 is 9.59 Å². The van der Waals surface area contributed by atoms with E-state index >= 15 is 0 Å². The van der Waals surface area contributed by atoms with Gasteiger partial charge in [0, 0.05) is 25.0 Å². The van der Waals surface area contributed by atoms with Gasteiger partial charge in [0.25, 0.3) is 0 Å².